The number of carbonyl (C=O) groups is 1. The van der Waals surface area contributed by atoms with Gasteiger partial charge in [-0.3, -0.25) is 9.69 Å². The number of aryl methyl sites for hydroxylation is 1. The van der Waals surface area contributed by atoms with E-state index in [-0.39, 0.29) is 5.91 Å². The molecule has 0 bridgehead atoms. The maximum absolute atomic E-state index is 12.1. The van der Waals surface area contributed by atoms with Crippen molar-refractivity contribution >= 4 is 17.7 Å². The van der Waals surface area contributed by atoms with Crippen molar-refractivity contribution in [2.75, 3.05) is 18.8 Å². The standard InChI is InChI=1S/C23H30N2OS/c1-19-8-10-22(11-9-19)27-15-12-23(26)24-17-20-6-5-7-21(16-20)18-25-13-3-2-4-14-25/h5-11,16H,2-4,12-15,17-18H2,1H3,(H,24,26). The molecule has 2 aromatic carbocycles. The molecule has 1 aliphatic heterocycles. The minimum absolute atomic E-state index is 0.121. The summed E-state index contributed by atoms with van der Waals surface area (Å²) in [5.41, 5.74) is 3.79. The van der Waals surface area contributed by atoms with Crippen molar-refractivity contribution in [2.24, 2.45) is 0 Å². The van der Waals surface area contributed by atoms with Crippen LogP contribution >= 0.6 is 11.8 Å². The van der Waals surface area contributed by atoms with Crippen LogP contribution in [0, 0.1) is 6.92 Å². The van der Waals surface area contributed by atoms with Gasteiger partial charge in [-0.25, -0.2) is 0 Å². The highest BCUT2D eigenvalue weighted by Crippen LogP contribution is 2.19. The van der Waals surface area contributed by atoms with E-state index < -0.39 is 0 Å². The second-order valence-corrected chi connectivity index (χ2v) is 8.51. The van der Waals surface area contributed by atoms with Gasteiger partial charge in [-0.05, 0) is 56.1 Å². The number of rotatable bonds is 8. The SMILES string of the molecule is Cc1ccc(SCCC(=O)NCc2cccc(CN3CCCCC3)c2)cc1. The van der Waals surface area contributed by atoms with E-state index in [1.54, 1.807) is 11.8 Å². The van der Waals surface area contributed by atoms with E-state index in [9.17, 15) is 4.79 Å². The summed E-state index contributed by atoms with van der Waals surface area (Å²) in [6, 6.07) is 17.1. The third-order valence-corrected chi connectivity index (χ3v) is 5.97. The van der Waals surface area contributed by atoms with Crippen LogP contribution in [0.15, 0.2) is 53.4 Å². The molecule has 0 spiro atoms. The quantitative estimate of drug-likeness (QED) is 0.667. The number of hydrogen-bond donors (Lipinski definition) is 1. The van der Waals surface area contributed by atoms with E-state index in [1.165, 1.54) is 53.9 Å². The Morgan fingerprint density at radius 1 is 1.04 bits per heavy atom. The van der Waals surface area contributed by atoms with E-state index in [2.05, 4.69) is 65.7 Å². The van der Waals surface area contributed by atoms with Crippen molar-refractivity contribution in [2.45, 2.75) is 50.6 Å². The summed E-state index contributed by atoms with van der Waals surface area (Å²) in [5, 5.41) is 3.06. The van der Waals surface area contributed by atoms with Crippen LogP contribution in [0.2, 0.25) is 0 Å². The van der Waals surface area contributed by atoms with Crippen LogP contribution in [0.25, 0.3) is 0 Å². The van der Waals surface area contributed by atoms with Gasteiger partial charge in [0, 0.05) is 30.2 Å². The van der Waals surface area contributed by atoms with Crippen LogP contribution < -0.4 is 5.32 Å². The lowest BCUT2D eigenvalue weighted by Crippen LogP contribution is -2.29. The first-order valence-corrected chi connectivity index (χ1v) is 10.9. The highest BCUT2D eigenvalue weighted by atomic mass is 32.2. The molecule has 3 nitrogen and oxygen atoms in total. The number of carbonyl (C=O) groups excluding carboxylic acids is 1. The van der Waals surface area contributed by atoms with Crippen LogP contribution in [0.4, 0.5) is 0 Å². The maximum Gasteiger partial charge on any atom is 0.221 e. The van der Waals surface area contributed by atoms with Gasteiger partial charge in [0.25, 0.3) is 0 Å². The maximum atomic E-state index is 12.1. The smallest absolute Gasteiger partial charge is 0.221 e. The molecule has 1 amide bonds. The summed E-state index contributed by atoms with van der Waals surface area (Å²) in [7, 11) is 0. The molecule has 144 valence electrons. The topological polar surface area (TPSA) is 32.3 Å². The number of amides is 1. The number of nitrogens with zero attached hydrogens (tertiary/aromatic N) is 1. The zero-order valence-electron chi connectivity index (χ0n) is 16.2. The molecule has 27 heavy (non-hydrogen) atoms. The fourth-order valence-corrected chi connectivity index (χ4v) is 4.25. The Kier molecular flexibility index (Phi) is 7.79. The highest BCUT2D eigenvalue weighted by molar-refractivity contribution is 7.99. The number of benzene rings is 2. The molecule has 1 heterocycles. The third-order valence-electron chi connectivity index (χ3n) is 4.95. The van der Waals surface area contributed by atoms with Gasteiger partial charge in [-0.15, -0.1) is 11.8 Å². The van der Waals surface area contributed by atoms with Gasteiger partial charge in [-0.2, -0.15) is 0 Å². The summed E-state index contributed by atoms with van der Waals surface area (Å²) in [6.07, 6.45) is 4.55. The van der Waals surface area contributed by atoms with Gasteiger partial charge in [0.1, 0.15) is 0 Å². The van der Waals surface area contributed by atoms with Crippen LogP contribution in [-0.4, -0.2) is 29.6 Å². The number of likely N-dealkylation sites (tertiary alicyclic amines) is 1. The molecule has 0 aromatic heterocycles. The van der Waals surface area contributed by atoms with E-state index in [1.807, 2.05) is 0 Å². The normalized spacial score (nSPS) is 14.9. The Hall–Kier alpha value is -1.78. The van der Waals surface area contributed by atoms with Crippen LogP contribution in [0.3, 0.4) is 0 Å². The fourth-order valence-electron chi connectivity index (χ4n) is 3.40. The van der Waals surface area contributed by atoms with Crippen molar-refractivity contribution in [3.05, 3.63) is 65.2 Å². The van der Waals surface area contributed by atoms with Crippen LogP contribution in [0.5, 0.6) is 0 Å². The lowest BCUT2D eigenvalue weighted by atomic mass is 10.1. The molecule has 0 unspecified atom stereocenters. The summed E-state index contributed by atoms with van der Waals surface area (Å²) in [6.45, 7) is 6.14. The average molecular weight is 383 g/mol. The third kappa shape index (κ3) is 7.04. The minimum Gasteiger partial charge on any atom is -0.352 e. The van der Waals surface area contributed by atoms with E-state index in [0.29, 0.717) is 13.0 Å². The number of piperidine rings is 1. The Morgan fingerprint density at radius 2 is 1.78 bits per heavy atom. The number of thioether (sulfide) groups is 1. The van der Waals surface area contributed by atoms with Crippen LogP contribution in [-0.2, 0) is 17.9 Å². The monoisotopic (exact) mass is 382 g/mol. The molecule has 1 N–H and O–H groups in total. The highest BCUT2D eigenvalue weighted by Gasteiger charge is 2.10. The van der Waals surface area contributed by atoms with Gasteiger partial charge in [0.15, 0.2) is 0 Å². The van der Waals surface area contributed by atoms with E-state index in [4.69, 9.17) is 0 Å². The molecule has 1 aliphatic rings. The fraction of sp³-hybridized carbons (Fsp3) is 0.435. The summed E-state index contributed by atoms with van der Waals surface area (Å²) in [5.74, 6) is 0.931. The Labute approximate surface area is 167 Å². The second kappa shape index (κ2) is 10.5. The van der Waals surface area contributed by atoms with Gasteiger partial charge in [-0.1, -0.05) is 48.4 Å². The molecule has 1 fully saturated rings. The van der Waals surface area contributed by atoms with Crippen molar-refractivity contribution in [3.8, 4) is 0 Å². The van der Waals surface area contributed by atoms with Gasteiger partial charge in [0.2, 0.25) is 5.91 Å². The van der Waals surface area contributed by atoms with Gasteiger partial charge in [0.05, 0.1) is 0 Å². The molecule has 4 heteroatoms. The Bertz CT molecular complexity index is 723. The predicted octanol–water partition coefficient (Wildman–Crippen LogP) is 4.78. The Morgan fingerprint density at radius 3 is 2.56 bits per heavy atom. The van der Waals surface area contributed by atoms with Crippen molar-refractivity contribution in [3.63, 3.8) is 0 Å². The molecule has 0 atom stereocenters. The lowest BCUT2D eigenvalue weighted by Gasteiger charge is -2.26. The summed E-state index contributed by atoms with van der Waals surface area (Å²) in [4.78, 5) is 15.9. The van der Waals surface area contributed by atoms with Gasteiger partial charge >= 0.3 is 0 Å². The molecule has 0 saturated carbocycles. The number of hydrogen-bond acceptors (Lipinski definition) is 3. The summed E-state index contributed by atoms with van der Waals surface area (Å²) >= 11 is 1.73. The predicted molar refractivity (Wildman–Crippen MR) is 114 cm³/mol. The molecular formula is C23H30N2OS. The van der Waals surface area contributed by atoms with E-state index >= 15 is 0 Å². The zero-order chi connectivity index (χ0) is 18.9. The first kappa shape index (κ1) is 20.0. The second-order valence-electron chi connectivity index (χ2n) is 7.35. The lowest BCUT2D eigenvalue weighted by molar-refractivity contribution is -0.120. The molecule has 0 radical (unpaired) electrons. The molecule has 3 rings (SSSR count). The van der Waals surface area contributed by atoms with E-state index in [0.717, 1.165) is 12.3 Å². The first-order chi connectivity index (χ1) is 13.2. The molecule has 2 aromatic rings. The average Bonchev–Trinajstić information content (AvgIpc) is 2.69. The first-order valence-electron chi connectivity index (χ1n) is 9.95. The zero-order valence-corrected chi connectivity index (χ0v) is 17.1. The number of nitrogens with one attached hydrogen (secondary N) is 1. The Balaban J connectivity index is 1.39. The van der Waals surface area contributed by atoms with Crippen molar-refractivity contribution in [1.29, 1.82) is 0 Å². The molecule has 0 aliphatic carbocycles. The van der Waals surface area contributed by atoms with Crippen molar-refractivity contribution < 1.29 is 4.79 Å². The van der Waals surface area contributed by atoms with Gasteiger partial charge < -0.3 is 5.32 Å². The molecule has 1 saturated heterocycles. The minimum atomic E-state index is 0.121. The van der Waals surface area contributed by atoms with Crippen LogP contribution in [0.1, 0.15) is 42.4 Å². The molecular weight excluding hydrogens is 352 g/mol. The summed E-state index contributed by atoms with van der Waals surface area (Å²) < 4.78 is 0. The van der Waals surface area contributed by atoms with Crippen molar-refractivity contribution in [1.82, 2.24) is 10.2 Å². The largest absolute Gasteiger partial charge is 0.352 e.